The topological polar surface area (TPSA) is 61.9 Å². The van der Waals surface area contributed by atoms with Gasteiger partial charge in [0.15, 0.2) is 0 Å². The van der Waals surface area contributed by atoms with E-state index < -0.39 is 0 Å². The van der Waals surface area contributed by atoms with E-state index in [0.717, 1.165) is 58.8 Å². The van der Waals surface area contributed by atoms with Gasteiger partial charge < -0.3 is 15.0 Å². The summed E-state index contributed by atoms with van der Waals surface area (Å²) in [6, 6.07) is 0. The summed E-state index contributed by atoms with van der Waals surface area (Å²) < 4.78 is 5.37. The summed E-state index contributed by atoms with van der Waals surface area (Å²) in [5.74, 6) is 0.275. The SMILES string of the molecule is O=C(NCCC1=CCCCC1)[C@H]1CCC(=O)N(CCCN2CCOCC2)C1. The summed E-state index contributed by atoms with van der Waals surface area (Å²) in [6.45, 7) is 6.64. The first kappa shape index (κ1) is 20.3. The third kappa shape index (κ3) is 6.61. The van der Waals surface area contributed by atoms with Crippen LogP contribution in [0.25, 0.3) is 0 Å². The van der Waals surface area contributed by atoms with E-state index in [1.807, 2.05) is 4.90 Å². The smallest absolute Gasteiger partial charge is 0.224 e. The molecule has 152 valence electrons. The molecule has 0 saturated carbocycles. The van der Waals surface area contributed by atoms with E-state index in [1.165, 1.54) is 31.3 Å². The Morgan fingerprint density at radius 1 is 1.19 bits per heavy atom. The first-order chi connectivity index (χ1) is 13.2. The molecule has 1 aliphatic carbocycles. The third-order valence-electron chi connectivity index (χ3n) is 6.01. The van der Waals surface area contributed by atoms with Gasteiger partial charge in [-0.1, -0.05) is 11.6 Å². The number of allylic oxidation sites excluding steroid dienone is 1. The molecule has 0 unspecified atom stereocenters. The molecule has 0 radical (unpaired) electrons. The Bertz CT molecular complexity index is 529. The van der Waals surface area contributed by atoms with Crippen molar-refractivity contribution >= 4 is 11.8 Å². The van der Waals surface area contributed by atoms with E-state index in [0.29, 0.717) is 19.4 Å². The monoisotopic (exact) mass is 377 g/mol. The Morgan fingerprint density at radius 2 is 2.04 bits per heavy atom. The van der Waals surface area contributed by atoms with Crippen LogP contribution in [-0.4, -0.2) is 74.1 Å². The zero-order chi connectivity index (χ0) is 18.9. The number of amides is 2. The lowest BCUT2D eigenvalue weighted by atomic mass is 9.95. The Kier molecular flexibility index (Phi) is 8.14. The first-order valence-electron chi connectivity index (χ1n) is 10.8. The van der Waals surface area contributed by atoms with Crippen molar-refractivity contribution in [2.24, 2.45) is 5.92 Å². The third-order valence-corrected chi connectivity index (χ3v) is 6.01. The molecular weight excluding hydrogens is 342 g/mol. The molecule has 6 heteroatoms. The highest BCUT2D eigenvalue weighted by Crippen LogP contribution is 2.20. The minimum atomic E-state index is -0.0496. The van der Waals surface area contributed by atoms with Gasteiger partial charge in [0, 0.05) is 45.7 Å². The maximum Gasteiger partial charge on any atom is 0.224 e. The molecule has 6 nitrogen and oxygen atoms in total. The second-order valence-corrected chi connectivity index (χ2v) is 8.03. The Balaban J connectivity index is 1.35. The fourth-order valence-electron chi connectivity index (χ4n) is 4.28. The van der Waals surface area contributed by atoms with Crippen molar-refractivity contribution in [2.75, 3.05) is 52.5 Å². The van der Waals surface area contributed by atoms with Gasteiger partial charge in [0.25, 0.3) is 0 Å². The molecule has 1 N–H and O–H groups in total. The molecule has 27 heavy (non-hydrogen) atoms. The van der Waals surface area contributed by atoms with Crippen LogP contribution in [0.4, 0.5) is 0 Å². The summed E-state index contributed by atoms with van der Waals surface area (Å²) in [6.07, 6.45) is 10.4. The lowest BCUT2D eigenvalue weighted by Gasteiger charge is -2.33. The van der Waals surface area contributed by atoms with Gasteiger partial charge in [-0.3, -0.25) is 14.5 Å². The van der Waals surface area contributed by atoms with Gasteiger partial charge in [-0.25, -0.2) is 0 Å². The van der Waals surface area contributed by atoms with Crippen LogP contribution in [0.1, 0.15) is 51.4 Å². The van der Waals surface area contributed by atoms with Crippen molar-refractivity contribution in [3.05, 3.63) is 11.6 Å². The molecule has 0 aromatic rings. The molecule has 2 aliphatic heterocycles. The van der Waals surface area contributed by atoms with Crippen LogP contribution in [0, 0.1) is 5.92 Å². The van der Waals surface area contributed by atoms with E-state index in [-0.39, 0.29) is 17.7 Å². The minimum Gasteiger partial charge on any atom is -0.379 e. The predicted octanol–water partition coefficient (Wildman–Crippen LogP) is 1.95. The molecular formula is C21H35N3O3. The lowest BCUT2D eigenvalue weighted by Crippen LogP contribution is -2.47. The van der Waals surface area contributed by atoms with E-state index >= 15 is 0 Å². The number of rotatable bonds is 8. The van der Waals surface area contributed by atoms with Crippen LogP contribution in [0.15, 0.2) is 11.6 Å². The zero-order valence-corrected chi connectivity index (χ0v) is 16.6. The van der Waals surface area contributed by atoms with Crippen LogP contribution >= 0.6 is 0 Å². The van der Waals surface area contributed by atoms with Gasteiger partial charge in [-0.15, -0.1) is 0 Å². The Labute approximate surface area is 163 Å². The van der Waals surface area contributed by atoms with Crippen molar-refractivity contribution in [3.63, 3.8) is 0 Å². The van der Waals surface area contributed by atoms with Crippen LogP contribution < -0.4 is 5.32 Å². The first-order valence-corrected chi connectivity index (χ1v) is 10.8. The van der Waals surface area contributed by atoms with Crippen molar-refractivity contribution in [1.29, 1.82) is 0 Å². The number of likely N-dealkylation sites (tertiary alicyclic amines) is 1. The molecule has 0 aromatic carbocycles. The van der Waals surface area contributed by atoms with Crippen molar-refractivity contribution < 1.29 is 14.3 Å². The molecule has 2 heterocycles. The predicted molar refractivity (Wildman–Crippen MR) is 105 cm³/mol. The molecule has 0 bridgehead atoms. The summed E-state index contributed by atoms with van der Waals surface area (Å²) in [5, 5.41) is 3.10. The van der Waals surface area contributed by atoms with E-state index in [2.05, 4.69) is 16.3 Å². The normalized spacial score (nSPS) is 24.6. The largest absolute Gasteiger partial charge is 0.379 e. The standard InChI is InChI=1S/C21H35N3O3/c25-20-8-7-19(21(26)22-10-9-18-5-2-1-3-6-18)17-24(20)12-4-11-23-13-15-27-16-14-23/h5,19H,1-4,6-17H2,(H,22,26)/t19-/m0/s1. The van der Waals surface area contributed by atoms with Gasteiger partial charge in [0.2, 0.25) is 11.8 Å². The van der Waals surface area contributed by atoms with Gasteiger partial charge in [0.1, 0.15) is 0 Å². The summed E-state index contributed by atoms with van der Waals surface area (Å²) in [5.41, 5.74) is 1.49. The molecule has 0 spiro atoms. The zero-order valence-electron chi connectivity index (χ0n) is 16.6. The molecule has 2 saturated heterocycles. The number of nitrogens with one attached hydrogen (secondary N) is 1. The summed E-state index contributed by atoms with van der Waals surface area (Å²) in [7, 11) is 0. The van der Waals surface area contributed by atoms with Crippen LogP contribution in [0.5, 0.6) is 0 Å². The Morgan fingerprint density at radius 3 is 2.81 bits per heavy atom. The molecule has 1 atom stereocenters. The molecule has 2 amide bonds. The number of carbonyl (C=O) groups excluding carboxylic acids is 2. The fraction of sp³-hybridized carbons (Fsp3) is 0.810. The highest BCUT2D eigenvalue weighted by Gasteiger charge is 2.29. The molecule has 3 rings (SSSR count). The van der Waals surface area contributed by atoms with Gasteiger partial charge >= 0.3 is 0 Å². The number of carbonyl (C=O) groups is 2. The number of ether oxygens (including phenoxy) is 1. The molecule has 2 fully saturated rings. The number of hydrogen-bond acceptors (Lipinski definition) is 4. The van der Waals surface area contributed by atoms with Crippen molar-refractivity contribution in [2.45, 2.75) is 51.4 Å². The fourth-order valence-corrected chi connectivity index (χ4v) is 4.28. The number of piperidine rings is 1. The lowest BCUT2D eigenvalue weighted by molar-refractivity contribution is -0.138. The summed E-state index contributed by atoms with van der Waals surface area (Å²) in [4.78, 5) is 29.0. The van der Waals surface area contributed by atoms with E-state index in [1.54, 1.807) is 0 Å². The van der Waals surface area contributed by atoms with E-state index in [4.69, 9.17) is 4.74 Å². The van der Waals surface area contributed by atoms with Crippen molar-refractivity contribution in [3.8, 4) is 0 Å². The number of hydrogen-bond donors (Lipinski definition) is 1. The van der Waals surface area contributed by atoms with Crippen molar-refractivity contribution in [1.82, 2.24) is 15.1 Å². The highest BCUT2D eigenvalue weighted by molar-refractivity contribution is 5.83. The quantitative estimate of drug-likeness (QED) is 0.657. The van der Waals surface area contributed by atoms with Gasteiger partial charge in [-0.05, 0) is 44.9 Å². The number of morpholine rings is 1. The van der Waals surface area contributed by atoms with Gasteiger partial charge in [-0.2, -0.15) is 0 Å². The van der Waals surface area contributed by atoms with Crippen LogP contribution in [-0.2, 0) is 14.3 Å². The maximum atomic E-state index is 12.5. The van der Waals surface area contributed by atoms with E-state index in [9.17, 15) is 9.59 Å². The minimum absolute atomic E-state index is 0.0496. The average Bonchev–Trinajstić information content (AvgIpc) is 2.71. The second kappa shape index (κ2) is 10.8. The Hall–Kier alpha value is -1.40. The van der Waals surface area contributed by atoms with Crippen LogP contribution in [0.3, 0.4) is 0 Å². The average molecular weight is 378 g/mol. The summed E-state index contributed by atoms with van der Waals surface area (Å²) >= 11 is 0. The molecule has 0 aromatic heterocycles. The maximum absolute atomic E-state index is 12.5. The number of nitrogens with zero attached hydrogens (tertiary/aromatic N) is 2. The highest BCUT2D eigenvalue weighted by atomic mass is 16.5. The second-order valence-electron chi connectivity index (χ2n) is 8.03. The van der Waals surface area contributed by atoms with Gasteiger partial charge in [0.05, 0.1) is 19.1 Å². The van der Waals surface area contributed by atoms with Crippen LogP contribution in [0.2, 0.25) is 0 Å². The molecule has 3 aliphatic rings.